The Morgan fingerprint density at radius 3 is 2.53 bits per heavy atom. The number of hydrogen-bond donors (Lipinski definition) is 0. The molecule has 0 atom stereocenters. The van der Waals surface area contributed by atoms with Gasteiger partial charge in [-0.25, -0.2) is 9.37 Å². The molecule has 2 heterocycles. The first-order valence-corrected chi connectivity index (χ1v) is 10.1. The number of carbonyl (C=O) groups excluding carboxylic acids is 1. The van der Waals surface area contributed by atoms with E-state index in [1.54, 1.807) is 17.0 Å². The second kappa shape index (κ2) is 7.21. The maximum Gasteiger partial charge on any atom is 0.260 e. The molecule has 1 aliphatic rings. The lowest BCUT2D eigenvalue weighted by Gasteiger charge is -2.17. The Balaban J connectivity index is 1.65. The zero-order valence-electron chi connectivity index (χ0n) is 15.7. The number of para-hydroxylation sites is 2. The lowest BCUT2D eigenvalue weighted by molar-refractivity contribution is -0.113. The van der Waals surface area contributed by atoms with Gasteiger partial charge in [0.25, 0.3) is 5.91 Å². The van der Waals surface area contributed by atoms with Gasteiger partial charge in [-0.2, -0.15) is 5.26 Å². The zero-order chi connectivity index (χ0) is 20.7. The minimum Gasteiger partial charge on any atom is -0.303 e. The maximum atomic E-state index is 13.4. The van der Waals surface area contributed by atoms with Crippen molar-refractivity contribution < 1.29 is 9.18 Å². The van der Waals surface area contributed by atoms with Crippen LogP contribution in [0.5, 0.6) is 0 Å². The molecule has 0 bridgehead atoms. The number of hydrogen-bond acceptors (Lipinski definition) is 4. The van der Waals surface area contributed by atoms with Crippen LogP contribution >= 0.6 is 11.3 Å². The van der Waals surface area contributed by atoms with Gasteiger partial charge < -0.3 is 4.90 Å². The summed E-state index contributed by atoms with van der Waals surface area (Å²) in [5.41, 5.74) is 3.67. The number of nitriles is 1. The van der Waals surface area contributed by atoms with Crippen LogP contribution in [0.15, 0.2) is 72.8 Å². The Hall–Kier alpha value is -3.82. The molecule has 3 aromatic carbocycles. The summed E-state index contributed by atoms with van der Waals surface area (Å²) in [5, 5.41) is 10.5. The number of amides is 1. The van der Waals surface area contributed by atoms with Crippen molar-refractivity contribution >= 4 is 44.3 Å². The third kappa shape index (κ3) is 2.97. The molecule has 5 rings (SSSR count). The van der Waals surface area contributed by atoms with E-state index >= 15 is 0 Å². The highest BCUT2D eigenvalue weighted by Crippen LogP contribution is 2.42. The third-order valence-corrected chi connectivity index (χ3v) is 6.10. The molecule has 6 heteroatoms. The van der Waals surface area contributed by atoms with Crippen LogP contribution in [0.4, 0.5) is 10.1 Å². The molecule has 144 valence electrons. The number of benzene rings is 3. The lowest BCUT2D eigenvalue weighted by atomic mass is 10.0. The highest BCUT2D eigenvalue weighted by molar-refractivity contribution is 7.19. The number of carbonyl (C=O) groups is 1. The number of halogens is 1. The largest absolute Gasteiger partial charge is 0.303 e. The van der Waals surface area contributed by atoms with Crippen molar-refractivity contribution in [1.29, 1.82) is 5.26 Å². The van der Waals surface area contributed by atoms with E-state index in [-0.39, 0.29) is 23.8 Å². The van der Waals surface area contributed by atoms with Gasteiger partial charge in [0, 0.05) is 5.56 Å². The first kappa shape index (κ1) is 18.2. The van der Waals surface area contributed by atoms with E-state index in [1.807, 2.05) is 48.5 Å². The fourth-order valence-corrected chi connectivity index (χ4v) is 4.61. The molecule has 0 saturated carbocycles. The maximum absolute atomic E-state index is 13.4. The quantitative estimate of drug-likeness (QED) is 0.334. The lowest BCUT2D eigenvalue weighted by Crippen LogP contribution is -2.26. The van der Waals surface area contributed by atoms with Crippen LogP contribution in [0.25, 0.3) is 21.4 Å². The van der Waals surface area contributed by atoms with Crippen molar-refractivity contribution in [1.82, 2.24) is 4.98 Å². The van der Waals surface area contributed by atoms with Crippen molar-refractivity contribution in [2.45, 2.75) is 6.54 Å². The summed E-state index contributed by atoms with van der Waals surface area (Å²) in [6.45, 7) is 0.290. The van der Waals surface area contributed by atoms with E-state index in [0.29, 0.717) is 16.1 Å². The molecule has 0 fully saturated rings. The third-order valence-electron chi connectivity index (χ3n) is 5.05. The standard InChI is InChI=1S/C24H14FN3OS/c25-16-11-9-15(10-12-16)14-28-20-7-3-1-5-17(20)22(24(28)29)18(13-26)23-27-19-6-2-4-8-21(19)30-23/h1-12H,14H2/b22-18+. The molecule has 1 amide bonds. The fraction of sp³-hybridized carbons (Fsp3) is 0.0417. The van der Waals surface area contributed by atoms with Gasteiger partial charge in [0.15, 0.2) is 0 Å². The molecule has 0 radical (unpaired) electrons. The average molecular weight is 411 g/mol. The summed E-state index contributed by atoms with van der Waals surface area (Å²) in [6, 6.07) is 23.3. The molecule has 0 unspecified atom stereocenters. The van der Waals surface area contributed by atoms with Crippen molar-refractivity contribution in [3.05, 3.63) is 94.7 Å². The molecule has 4 aromatic rings. The van der Waals surface area contributed by atoms with E-state index in [1.165, 1.54) is 23.5 Å². The van der Waals surface area contributed by atoms with Crippen LogP contribution in [0, 0.1) is 17.1 Å². The van der Waals surface area contributed by atoms with E-state index in [9.17, 15) is 14.4 Å². The Labute approximate surface area is 176 Å². The van der Waals surface area contributed by atoms with Crippen LogP contribution in [0.3, 0.4) is 0 Å². The van der Waals surface area contributed by atoms with Crippen LogP contribution in [-0.4, -0.2) is 10.9 Å². The van der Waals surface area contributed by atoms with Gasteiger partial charge in [-0.1, -0.05) is 42.5 Å². The van der Waals surface area contributed by atoms with E-state index in [4.69, 9.17) is 0 Å². The number of rotatable bonds is 3. The molecule has 30 heavy (non-hydrogen) atoms. The zero-order valence-corrected chi connectivity index (χ0v) is 16.5. The number of nitrogens with zero attached hydrogens (tertiary/aromatic N) is 3. The molecule has 4 nitrogen and oxygen atoms in total. The second-order valence-corrected chi connectivity index (χ2v) is 7.91. The van der Waals surface area contributed by atoms with Gasteiger partial charge in [0.1, 0.15) is 22.5 Å². The van der Waals surface area contributed by atoms with Crippen molar-refractivity contribution in [2.24, 2.45) is 0 Å². The van der Waals surface area contributed by atoms with Crippen LogP contribution in [-0.2, 0) is 11.3 Å². The van der Waals surface area contributed by atoms with E-state index in [0.717, 1.165) is 21.5 Å². The number of allylic oxidation sites excluding steroid dienone is 1. The topological polar surface area (TPSA) is 57.0 Å². The van der Waals surface area contributed by atoms with Gasteiger partial charge in [-0.15, -0.1) is 11.3 Å². The second-order valence-electron chi connectivity index (χ2n) is 6.88. The number of thiazole rings is 1. The average Bonchev–Trinajstić information content (AvgIpc) is 3.31. The van der Waals surface area contributed by atoms with Gasteiger partial charge in [-0.3, -0.25) is 4.79 Å². The summed E-state index contributed by atoms with van der Waals surface area (Å²) >= 11 is 1.40. The molecule has 1 aliphatic heterocycles. The van der Waals surface area contributed by atoms with Crippen LogP contribution in [0.2, 0.25) is 0 Å². The number of anilines is 1. The molecular formula is C24H14FN3OS. The highest BCUT2D eigenvalue weighted by atomic mass is 32.1. The van der Waals surface area contributed by atoms with E-state index < -0.39 is 0 Å². The summed E-state index contributed by atoms with van der Waals surface area (Å²) < 4.78 is 14.2. The number of fused-ring (bicyclic) bond motifs is 2. The Bertz CT molecular complexity index is 1330. The minimum absolute atomic E-state index is 0.253. The molecule has 0 N–H and O–H groups in total. The highest BCUT2D eigenvalue weighted by Gasteiger charge is 2.35. The number of aromatic nitrogens is 1. The molecule has 0 saturated heterocycles. The monoisotopic (exact) mass is 411 g/mol. The SMILES string of the molecule is N#C/C(=C1\C(=O)N(Cc2ccc(F)cc2)c2ccccc21)c1nc2ccccc2s1. The minimum atomic E-state index is -0.324. The smallest absolute Gasteiger partial charge is 0.260 e. The summed E-state index contributed by atoms with van der Waals surface area (Å²) in [6.07, 6.45) is 0. The van der Waals surface area contributed by atoms with Gasteiger partial charge in [-0.05, 0) is 35.9 Å². The molecule has 0 spiro atoms. The Kier molecular flexibility index (Phi) is 4.38. The Morgan fingerprint density at radius 2 is 1.77 bits per heavy atom. The van der Waals surface area contributed by atoms with Crippen molar-refractivity contribution in [2.75, 3.05) is 4.90 Å². The molecule has 0 aliphatic carbocycles. The van der Waals surface area contributed by atoms with Gasteiger partial charge in [0.05, 0.1) is 28.0 Å². The van der Waals surface area contributed by atoms with E-state index in [2.05, 4.69) is 11.1 Å². The summed E-state index contributed by atoms with van der Waals surface area (Å²) in [5.74, 6) is -0.577. The van der Waals surface area contributed by atoms with Crippen LogP contribution in [0.1, 0.15) is 16.1 Å². The van der Waals surface area contributed by atoms with Gasteiger partial charge >= 0.3 is 0 Å². The van der Waals surface area contributed by atoms with Gasteiger partial charge in [0.2, 0.25) is 0 Å². The summed E-state index contributed by atoms with van der Waals surface area (Å²) in [4.78, 5) is 19.7. The first-order valence-electron chi connectivity index (χ1n) is 9.32. The summed E-state index contributed by atoms with van der Waals surface area (Å²) in [7, 11) is 0. The van der Waals surface area contributed by atoms with Crippen molar-refractivity contribution in [3.63, 3.8) is 0 Å². The Morgan fingerprint density at radius 1 is 1.03 bits per heavy atom. The normalized spacial score (nSPS) is 14.7. The fourth-order valence-electron chi connectivity index (χ4n) is 3.64. The van der Waals surface area contributed by atoms with Crippen molar-refractivity contribution in [3.8, 4) is 6.07 Å². The predicted octanol–water partition coefficient (Wildman–Crippen LogP) is 5.42. The van der Waals surface area contributed by atoms with Crippen LogP contribution < -0.4 is 4.90 Å². The molecule has 1 aromatic heterocycles. The first-order chi connectivity index (χ1) is 14.7. The molecular weight excluding hydrogens is 397 g/mol. The predicted molar refractivity (Wildman–Crippen MR) is 116 cm³/mol.